The number of nitrogens with one attached hydrogen (secondary N) is 1. The first-order valence-electron chi connectivity index (χ1n) is 9.61. The lowest BCUT2D eigenvalue weighted by Crippen LogP contribution is -2.51. The zero-order valence-corrected chi connectivity index (χ0v) is 16.5. The molecule has 0 aliphatic carbocycles. The van der Waals surface area contributed by atoms with Gasteiger partial charge in [0.2, 0.25) is 5.91 Å². The van der Waals surface area contributed by atoms with Crippen molar-refractivity contribution in [2.45, 2.75) is 6.92 Å². The Morgan fingerprint density at radius 1 is 0.931 bits per heavy atom. The van der Waals surface area contributed by atoms with E-state index < -0.39 is 11.7 Å². The van der Waals surface area contributed by atoms with E-state index >= 15 is 0 Å². The minimum Gasteiger partial charge on any atom is -0.485 e. The van der Waals surface area contributed by atoms with Gasteiger partial charge in [-0.2, -0.15) is 0 Å². The van der Waals surface area contributed by atoms with Crippen LogP contribution in [0.5, 0.6) is 5.75 Å². The minimum atomic E-state index is -0.812. The summed E-state index contributed by atoms with van der Waals surface area (Å²) in [5, 5.41) is 2.39. The van der Waals surface area contributed by atoms with E-state index in [-0.39, 0.29) is 19.1 Å². The normalized spacial score (nSPS) is 13.7. The van der Waals surface area contributed by atoms with E-state index in [4.69, 9.17) is 4.74 Å². The molecule has 0 unspecified atom stereocenters. The summed E-state index contributed by atoms with van der Waals surface area (Å²) in [4.78, 5) is 40.0. The number of anilines is 1. The molecule has 1 saturated heterocycles. The predicted octanol–water partition coefficient (Wildman–Crippen LogP) is 1.41. The van der Waals surface area contributed by atoms with Gasteiger partial charge < -0.3 is 19.9 Å². The summed E-state index contributed by atoms with van der Waals surface area (Å²) in [6, 6.07) is 17.1. The fourth-order valence-electron chi connectivity index (χ4n) is 3.07. The maximum Gasteiger partial charge on any atom is 0.291 e. The number of aryl methyl sites for hydroxylation is 1. The SMILES string of the molecule is Cc1ccc(N2CCN(C(=O)CNC(=O)C(=O)COc3ccccc3)CC2)cc1. The number of para-hydroxylation sites is 1. The Morgan fingerprint density at radius 2 is 1.59 bits per heavy atom. The highest BCUT2D eigenvalue weighted by Gasteiger charge is 2.22. The number of amides is 2. The highest BCUT2D eigenvalue weighted by atomic mass is 16.5. The van der Waals surface area contributed by atoms with E-state index in [9.17, 15) is 14.4 Å². The van der Waals surface area contributed by atoms with Gasteiger partial charge in [-0.25, -0.2) is 0 Å². The molecule has 2 amide bonds. The monoisotopic (exact) mass is 395 g/mol. The maximum atomic E-state index is 12.3. The molecule has 0 radical (unpaired) electrons. The molecule has 0 spiro atoms. The Labute approximate surface area is 170 Å². The van der Waals surface area contributed by atoms with Gasteiger partial charge >= 0.3 is 0 Å². The summed E-state index contributed by atoms with van der Waals surface area (Å²) in [6.45, 7) is 4.10. The fraction of sp³-hybridized carbons (Fsp3) is 0.318. The van der Waals surface area contributed by atoms with Gasteiger partial charge in [0.1, 0.15) is 5.75 Å². The molecule has 7 heteroatoms. The molecule has 1 aliphatic rings. The summed E-state index contributed by atoms with van der Waals surface area (Å²) in [7, 11) is 0. The van der Waals surface area contributed by atoms with Crippen LogP contribution in [0.15, 0.2) is 54.6 Å². The van der Waals surface area contributed by atoms with Gasteiger partial charge in [0, 0.05) is 31.9 Å². The number of carbonyl (C=O) groups is 3. The van der Waals surface area contributed by atoms with Crippen LogP contribution in [0.25, 0.3) is 0 Å². The molecule has 0 atom stereocenters. The summed E-state index contributed by atoms with van der Waals surface area (Å²) >= 11 is 0. The Balaban J connectivity index is 1.38. The van der Waals surface area contributed by atoms with Crippen LogP contribution in [0.4, 0.5) is 5.69 Å². The largest absolute Gasteiger partial charge is 0.485 e. The summed E-state index contributed by atoms with van der Waals surface area (Å²) in [6.07, 6.45) is 0. The van der Waals surface area contributed by atoms with Crippen molar-refractivity contribution in [3.8, 4) is 5.75 Å². The molecule has 7 nitrogen and oxygen atoms in total. The lowest BCUT2D eigenvalue weighted by molar-refractivity contribution is -0.140. The van der Waals surface area contributed by atoms with Gasteiger partial charge in [0.25, 0.3) is 11.7 Å². The molecule has 152 valence electrons. The first kappa shape index (κ1) is 20.4. The Hall–Kier alpha value is -3.35. The van der Waals surface area contributed by atoms with Crippen molar-refractivity contribution in [2.24, 2.45) is 0 Å². The van der Waals surface area contributed by atoms with Crippen LogP contribution in [-0.2, 0) is 14.4 Å². The third kappa shape index (κ3) is 5.81. The molecule has 3 rings (SSSR count). The zero-order valence-electron chi connectivity index (χ0n) is 16.5. The van der Waals surface area contributed by atoms with Crippen LogP contribution < -0.4 is 15.0 Å². The number of benzene rings is 2. The molecule has 0 bridgehead atoms. The molecular weight excluding hydrogens is 370 g/mol. The van der Waals surface area contributed by atoms with E-state index in [1.54, 1.807) is 29.2 Å². The molecule has 1 aliphatic heterocycles. The molecule has 2 aromatic rings. The van der Waals surface area contributed by atoms with Crippen molar-refractivity contribution in [3.63, 3.8) is 0 Å². The van der Waals surface area contributed by atoms with E-state index in [2.05, 4.69) is 34.5 Å². The van der Waals surface area contributed by atoms with Crippen LogP contribution in [-0.4, -0.2) is 61.8 Å². The number of Topliss-reactive ketones (excluding diaryl/α,β-unsaturated/α-hetero) is 1. The Kier molecular flexibility index (Phi) is 6.84. The van der Waals surface area contributed by atoms with Crippen LogP contribution in [0.2, 0.25) is 0 Å². The van der Waals surface area contributed by atoms with Gasteiger partial charge in [0.05, 0.1) is 6.54 Å². The van der Waals surface area contributed by atoms with Crippen LogP contribution >= 0.6 is 0 Å². The van der Waals surface area contributed by atoms with Gasteiger partial charge in [-0.05, 0) is 31.2 Å². The van der Waals surface area contributed by atoms with Crippen LogP contribution in [0, 0.1) is 6.92 Å². The number of carbonyl (C=O) groups excluding carboxylic acids is 3. The van der Waals surface area contributed by atoms with Crippen molar-refractivity contribution in [1.82, 2.24) is 10.2 Å². The Bertz CT molecular complexity index is 844. The molecule has 29 heavy (non-hydrogen) atoms. The van der Waals surface area contributed by atoms with Crippen molar-refractivity contribution < 1.29 is 19.1 Å². The fourth-order valence-corrected chi connectivity index (χ4v) is 3.07. The van der Waals surface area contributed by atoms with Crippen molar-refractivity contribution in [1.29, 1.82) is 0 Å². The summed E-state index contributed by atoms with van der Waals surface area (Å²) in [5.41, 5.74) is 2.35. The van der Waals surface area contributed by atoms with Crippen LogP contribution in [0.1, 0.15) is 5.56 Å². The molecule has 1 N–H and O–H groups in total. The minimum absolute atomic E-state index is 0.194. The lowest BCUT2D eigenvalue weighted by Gasteiger charge is -2.36. The molecule has 0 saturated carbocycles. The van der Waals surface area contributed by atoms with Crippen LogP contribution in [0.3, 0.4) is 0 Å². The van der Waals surface area contributed by atoms with Gasteiger partial charge in [-0.3, -0.25) is 14.4 Å². The topological polar surface area (TPSA) is 79.0 Å². The summed E-state index contributed by atoms with van der Waals surface area (Å²) in [5.74, 6) is -1.21. The average molecular weight is 395 g/mol. The first-order valence-corrected chi connectivity index (χ1v) is 9.61. The highest BCUT2D eigenvalue weighted by Crippen LogP contribution is 2.17. The van der Waals surface area contributed by atoms with Crippen molar-refractivity contribution >= 4 is 23.3 Å². The van der Waals surface area contributed by atoms with Gasteiger partial charge in [0.15, 0.2) is 6.61 Å². The molecule has 1 heterocycles. The van der Waals surface area contributed by atoms with E-state index in [1.165, 1.54) is 5.56 Å². The zero-order chi connectivity index (χ0) is 20.6. The quantitative estimate of drug-likeness (QED) is 0.717. The number of hydrogen-bond donors (Lipinski definition) is 1. The second-order valence-electron chi connectivity index (χ2n) is 6.91. The van der Waals surface area contributed by atoms with Crippen molar-refractivity contribution in [3.05, 3.63) is 60.2 Å². The predicted molar refractivity (Wildman–Crippen MR) is 110 cm³/mol. The van der Waals surface area contributed by atoms with Crippen molar-refractivity contribution in [2.75, 3.05) is 44.2 Å². The second kappa shape index (κ2) is 9.73. The van der Waals surface area contributed by atoms with Gasteiger partial charge in [-0.1, -0.05) is 35.9 Å². The lowest BCUT2D eigenvalue weighted by atomic mass is 10.2. The number of rotatable bonds is 7. The van der Waals surface area contributed by atoms with E-state index in [0.29, 0.717) is 18.8 Å². The molecule has 2 aromatic carbocycles. The molecule has 0 aromatic heterocycles. The first-order chi connectivity index (χ1) is 14.0. The van der Waals surface area contributed by atoms with E-state index in [1.807, 2.05) is 13.0 Å². The third-order valence-electron chi connectivity index (χ3n) is 4.80. The standard InChI is InChI=1S/C22H25N3O4/c1-17-7-9-18(10-8-17)24-11-13-25(14-12-24)21(27)15-23-22(28)20(26)16-29-19-5-3-2-4-6-19/h2-10H,11-16H2,1H3,(H,23,28). The number of nitrogens with zero attached hydrogens (tertiary/aromatic N) is 2. The number of piperazine rings is 1. The number of hydrogen-bond acceptors (Lipinski definition) is 5. The number of ether oxygens (including phenoxy) is 1. The van der Waals surface area contributed by atoms with Gasteiger partial charge in [-0.15, -0.1) is 0 Å². The average Bonchev–Trinajstić information content (AvgIpc) is 2.77. The molecule has 1 fully saturated rings. The number of ketones is 1. The second-order valence-corrected chi connectivity index (χ2v) is 6.91. The highest BCUT2D eigenvalue weighted by molar-refractivity contribution is 6.37. The summed E-state index contributed by atoms with van der Waals surface area (Å²) < 4.78 is 5.26. The smallest absolute Gasteiger partial charge is 0.291 e. The molecular formula is C22H25N3O4. The third-order valence-corrected chi connectivity index (χ3v) is 4.80. The Morgan fingerprint density at radius 3 is 2.24 bits per heavy atom. The maximum absolute atomic E-state index is 12.3. The van der Waals surface area contributed by atoms with E-state index in [0.717, 1.165) is 18.8 Å².